The van der Waals surface area contributed by atoms with Gasteiger partial charge in [-0.05, 0) is 17.9 Å². The zero-order chi connectivity index (χ0) is 17.2. The van der Waals surface area contributed by atoms with Crippen LogP contribution in [0.3, 0.4) is 0 Å². The van der Waals surface area contributed by atoms with Crippen molar-refractivity contribution in [2.24, 2.45) is 11.3 Å². The van der Waals surface area contributed by atoms with E-state index in [-0.39, 0.29) is 11.5 Å². The molecule has 4 atom stereocenters. The van der Waals surface area contributed by atoms with Crippen molar-refractivity contribution >= 4 is 5.97 Å². The lowest BCUT2D eigenvalue weighted by atomic mass is 9.73. The number of carbonyl (C=O) groups is 1. The normalized spacial score (nSPS) is 27.7. The summed E-state index contributed by atoms with van der Waals surface area (Å²) in [6.45, 7) is 7.77. The van der Waals surface area contributed by atoms with E-state index in [1.54, 1.807) is 6.92 Å². The summed E-state index contributed by atoms with van der Waals surface area (Å²) in [7, 11) is 0. The largest absolute Gasteiger partial charge is 0.465 e. The molecule has 1 saturated heterocycles. The van der Waals surface area contributed by atoms with Crippen LogP contribution >= 0.6 is 0 Å². The van der Waals surface area contributed by atoms with E-state index < -0.39 is 35.4 Å². The number of benzene rings is 1. The molecule has 2 rings (SSSR count). The zero-order valence-corrected chi connectivity index (χ0v) is 14.0. The molecule has 0 saturated carbocycles. The second-order valence-corrected chi connectivity index (χ2v) is 6.95. The van der Waals surface area contributed by atoms with Crippen LogP contribution in [-0.2, 0) is 9.53 Å². The van der Waals surface area contributed by atoms with Crippen LogP contribution < -0.4 is 5.32 Å². The Labute approximate surface area is 136 Å². The number of ether oxygens (including phenoxy) is 1. The first kappa shape index (κ1) is 17.4. The molecular formula is C17H24N2O4. The lowest BCUT2D eigenvalue weighted by Gasteiger charge is -2.31. The maximum atomic E-state index is 12.3. The van der Waals surface area contributed by atoms with Crippen LogP contribution in [0.4, 0.5) is 0 Å². The Balaban J connectivity index is 2.45. The van der Waals surface area contributed by atoms with Crippen LogP contribution in [0, 0.1) is 21.4 Å². The molecule has 1 aromatic rings. The lowest BCUT2D eigenvalue weighted by Crippen LogP contribution is -2.45. The molecule has 0 amide bonds. The van der Waals surface area contributed by atoms with E-state index in [0.717, 1.165) is 5.56 Å². The third-order valence-corrected chi connectivity index (χ3v) is 4.37. The third kappa shape index (κ3) is 3.52. The molecule has 0 radical (unpaired) electrons. The Morgan fingerprint density at radius 3 is 2.39 bits per heavy atom. The number of nitro groups is 1. The van der Waals surface area contributed by atoms with Gasteiger partial charge in [-0.15, -0.1) is 0 Å². The van der Waals surface area contributed by atoms with Crippen LogP contribution in [0.2, 0.25) is 0 Å². The standard InChI is InChI=1S/C17H24N2O4/c1-5-23-16(20)14-12(17(2,3)4)15(19(21)22)13(18-14)11-9-7-6-8-10-11/h6-10,12-15,18H,5H2,1-4H3/t12-,13+,14+,15+/m0/s1. The van der Waals surface area contributed by atoms with Crippen molar-refractivity contribution in [3.63, 3.8) is 0 Å². The maximum Gasteiger partial charge on any atom is 0.323 e. The number of nitrogens with zero attached hydrogens (tertiary/aromatic N) is 1. The molecule has 0 aromatic heterocycles. The second-order valence-electron chi connectivity index (χ2n) is 6.95. The Kier molecular flexibility index (Phi) is 5.04. The quantitative estimate of drug-likeness (QED) is 0.524. The van der Waals surface area contributed by atoms with Crippen molar-refractivity contribution in [3.8, 4) is 0 Å². The maximum absolute atomic E-state index is 12.3. The first-order valence-electron chi connectivity index (χ1n) is 7.88. The highest BCUT2D eigenvalue weighted by atomic mass is 16.6. The van der Waals surface area contributed by atoms with Gasteiger partial charge in [-0.3, -0.25) is 20.2 Å². The summed E-state index contributed by atoms with van der Waals surface area (Å²) in [5.41, 5.74) is 0.404. The molecule has 1 aliphatic rings. The van der Waals surface area contributed by atoms with E-state index in [0.29, 0.717) is 0 Å². The summed E-state index contributed by atoms with van der Waals surface area (Å²) < 4.78 is 5.14. The monoisotopic (exact) mass is 320 g/mol. The van der Waals surface area contributed by atoms with Crippen LogP contribution in [0.1, 0.15) is 39.3 Å². The molecule has 1 aliphatic heterocycles. The number of nitrogens with one attached hydrogen (secondary N) is 1. The van der Waals surface area contributed by atoms with Crippen LogP contribution in [-0.4, -0.2) is 29.6 Å². The first-order valence-corrected chi connectivity index (χ1v) is 7.88. The fraction of sp³-hybridized carbons (Fsp3) is 0.588. The summed E-state index contributed by atoms with van der Waals surface area (Å²) in [5, 5.41) is 14.9. The number of carbonyl (C=O) groups excluding carboxylic acids is 1. The van der Waals surface area contributed by atoms with Gasteiger partial charge >= 0.3 is 5.97 Å². The molecule has 0 bridgehead atoms. The van der Waals surface area contributed by atoms with Gasteiger partial charge in [0.2, 0.25) is 6.04 Å². The fourth-order valence-corrected chi connectivity index (χ4v) is 3.47. The molecule has 1 aromatic carbocycles. The lowest BCUT2D eigenvalue weighted by molar-refractivity contribution is -0.535. The molecule has 0 spiro atoms. The minimum absolute atomic E-state index is 0.257. The number of rotatable bonds is 4. The molecule has 0 aliphatic carbocycles. The van der Waals surface area contributed by atoms with Crippen molar-refractivity contribution in [1.82, 2.24) is 5.32 Å². The van der Waals surface area contributed by atoms with Gasteiger partial charge in [-0.2, -0.15) is 0 Å². The minimum atomic E-state index is -0.883. The smallest absolute Gasteiger partial charge is 0.323 e. The average molecular weight is 320 g/mol. The summed E-state index contributed by atoms with van der Waals surface area (Å²) in [6.07, 6.45) is 0. The molecule has 0 unspecified atom stereocenters. The number of hydrogen-bond acceptors (Lipinski definition) is 5. The van der Waals surface area contributed by atoms with Gasteiger partial charge in [0.15, 0.2) is 0 Å². The van der Waals surface area contributed by atoms with Gasteiger partial charge in [-0.1, -0.05) is 51.1 Å². The van der Waals surface area contributed by atoms with Crippen molar-refractivity contribution in [3.05, 3.63) is 46.0 Å². The first-order chi connectivity index (χ1) is 10.8. The second kappa shape index (κ2) is 6.66. The van der Waals surface area contributed by atoms with Gasteiger partial charge in [0.1, 0.15) is 12.1 Å². The number of hydrogen-bond donors (Lipinski definition) is 1. The molecule has 1 N–H and O–H groups in total. The predicted molar refractivity (Wildman–Crippen MR) is 86.5 cm³/mol. The Morgan fingerprint density at radius 1 is 1.30 bits per heavy atom. The van der Waals surface area contributed by atoms with E-state index in [9.17, 15) is 14.9 Å². The summed E-state index contributed by atoms with van der Waals surface area (Å²) in [5.74, 6) is -0.875. The SMILES string of the molecule is CCOC(=O)[C@@H]1N[C@H](c2ccccc2)[C@H]([N+](=O)[O-])[C@H]1C(C)(C)C. The van der Waals surface area contributed by atoms with E-state index in [1.165, 1.54) is 0 Å². The van der Waals surface area contributed by atoms with E-state index >= 15 is 0 Å². The predicted octanol–water partition coefficient (Wildman–Crippen LogP) is 2.57. The highest BCUT2D eigenvalue weighted by Crippen LogP contribution is 2.43. The van der Waals surface area contributed by atoms with Gasteiger partial charge in [0.25, 0.3) is 0 Å². The van der Waals surface area contributed by atoms with Crippen LogP contribution in [0.25, 0.3) is 0 Å². The molecule has 6 nitrogen and oxygen atoms in total. The summed E-state index contributed by atoms with van der Waals surface area (Å²) >= 11 is 0. The fourth-order valence-electron chi connectivity index (χ4n) is 3.47. The minimum Gasteiger partial charge on any atom is -0.465 e. The molecule has 6 heteroatoms. The topological polar surface area (TPSA) is 81.5 Å². The van der Waals surface area contributed by atoms with E-state index in [2.05, 4.69) is 5.32 Å². The molecule has 23 heavy (non-hydrogen) atoms. The van der Waals surface area contributed by atoms with Crippen LogP contribution in [0.5, 0.6) is 0 Å². The van der Waals surface area contributed by atoms with Gasteiger partial charge < -0.3 is 4.74 Å². The van der Waals surface area contributed by atoms with Crippen molar-refractivity contribution in [2.75, 3.05) is 6.61 Å². The Hall–Kier alpha value is -1.95. The van der Waals surface area contributed by atoms with E-state index in [1.807, 2.05) is 51.1 Å². The highest BCUT2D eigenvalue weighted by Gasteiger charge is 2.58. The summed E-state index contributed by atoms with van der Waals surface area (Å²) in [4.78, 5) is 23.9. The molecule has 1 heterocycles. The van der Waals surface area contributed by atoms with Crippen molar-refractivity contribution < 1.29 is 14.5 Å². The highest BCUT2D eigenvalue weighted by molar-refractivity contribution is 5.77. The van der Waals surface area contributed by atoms with Gasteiger partial charge in [-0.25, -0.2) is 0 Å². The molecule has 1 fully saturated rings. The number of esters is 1. The molecule has 126 valence electrons. The summed E-state index contributed by atoms with van der Waals surface area (Å²) in [6, 6.07) is 7.18. The van der Waals surface area contributed by atoms with Gasteiger partial charge in [0.05, 0.1) is 12.5 Å². The molecular weight excluding hydrogens is 296 g/mol. The third-order valence-electron chi connectivity index (χ3n) is 4.37. The van der Waals surface area contributed by atoms with Gasteiger partial charge in [0, 0.05) is 4.92 Å². The zero-order valence-electron chi connectivity index (χ0n) is 14.0. The average Bonchev–Trinajstić information content (AvgIpc) is 2.89. The van der Waals surface area contributed by atoms with E-state index in [4.69, 9.17) is 4.74 Å². The Morgan fingerprint density at radius 2 is 1.91 bits per heavy atom. The van der Waals surface area contributed by atoms with Crippen molar-refractivity contribution in [1.29, 1.82) is 0 Å². The van der Waals surface area contributed by atoms with Crippen LogP contribution in [0.15, 0.2) is 30.3 Å². The van der Waals surface area contributed by atoms with Crippen molar-refractivity contribution in [2.45, 2.75) is 45.8 Å². The Bertz CT molecular complexity index is 568.